The van der Waals surface area contributed by atoms with Gasteiger partial charge >= 0.3 is 4.87 Å². The van der Waals surface area contributed by atoms with Gasteiger partial charge in [-0.15, -0.1) is 0 Å². The van der Waals surface area contributed by atoms with Gasteiger partial charge < -0.3 is 14.4 Å². The second-order valence-corrected chi connectivity index (χ2v) is 9.91. The minimum Gasteiger partial charge on any atom is -0.497 e. The van der Waals surface area contributed by atoms with Crippen molar-refractivity contribution in [3.63, 3.8) is 0 Å². The Morgan fingerprint density at radius 3 is 2.56 bits per heavy atom. The highest BCUT2D eigenvalue weighted by atomic mass is 32.2. The molecule has 2 fully saturated rings. The molecule has 3 aliphatic heterocycles. The molecule has 32 heavy (non-hydrogen) atoms. The smallest absolute Gasteiger partial charge is 0.308 e. The van der Waals surface area contributed by atoms with Crippen molar-refractivity contribution in [3.8, 4) is 5.75 Å². The number of aromatic nitrogens is 1. The van der Waals surface area contributed by atoms with E-state index >= 15 is 0 Å². The van der Waals surface area contributed by atoms with Gasteiger partial charge in [-0.3, -0.25) is 29.1 Å². The Morgan fingerprint density at radius 2 is 1.88 bits per heavy atom. The number of ether oxygens (including phenoxy) is 2. The summed E-state index contributed by atoms with van der Waals surface area (Å²) in [6, 6.07) is 7.29. The number of carbonyl (C=O) groups excluding carboxylic acids is 3. The second kappa shape index (κ2) is 8.38. The largest absolute Gasteiger partial charge is 0.497 e. The Kier molecular flexibility index (Phi) is 5.56. The van der Waals surface area contributed by atoms with Crippen LogP contribution in [0.2, 0.25) is 0 Å². The lowest BCUT2D eigenvalue weighted by Gasteiger charge is -2.31. The molecule has 0 radical (unpaired) electrons. The number of hydrogen-bond donors (Lipinski definition) is 1. The molecule has 0 bridgehead atoms. The highest BCUT2D eigenvalue weighted by molar-refractivity contribution is 8.00. The molecule has 1 N–H and O–H groups in total. The van der Waals surface area contributed by atoms with Gasteiger partial charge in [-0.2, -0.15) is 0 Å². The zero-order chi connectivity index (χ0) is 22.4. The van der Waals surface area contributed by atoms with Gasteiger partial charge in [0.05, 0.1) is 31.3 Å². The van der Waals surface area contributed by atoms with Crippen molar-refractivity contribution >= 4 is 40.8 Å². The topological polar surface area (TPSA) is 107 Å². The first-order valence-electron chi connectivity index (χ1n) is 10.2. The number of carbonyl (C=O) groups is 3. The van der Waals surface area contributed by atoms with Crippen LogP contribution in [-0.2, 0) is 25.7 Å². The molecule has 1 aromatic heterocycles. The average Bonchev–Trinajstić information content (AvgIpc) is 3.28. The van der Waals surface area contributed by atoms with Crippen molar-refractivity contribution in [1.82, 2.24) is 14.8 Å². The molecule has 0 aliphatic carbocycles. The molecular formula is C21H21N3O6S2. The molecule has 4 heterocycles. The minimum absolute atomic E-state index is 0.0973. The average molecular weight is 476 g/mol. The number of hydrogen-bond acceptors (Lipinski definition) is 8. The summed E-state index contributed by atoms with van der Waals surface area (Å²) < 4.78 is 12.0. The van der Waals surface area contributed by atoms with E-state index in [1.165, 1.54) is 16.3 Å². The number of thiazole rings is 1. The van der Waals surface area contributed by atoms with E-state index in [9.17, 15) is 19.2 Å². The van der Waals surface area contributed by atoms with Crippen molar-refractivity contribution < 1.29 is 23.9 Å². The predicted molar refractivity (Wildman–Crippen MR) is 117 cm³/mol. The number of imide groups is 1. The van der Waals surface area contributed by atoms with Crippen LogP contribution >= 0.6 is 23.1 Å². The molecule has 11 heteroatoms. The first kappa shape index (κ1) is 21.2. The van der Waals surface area contributed by atoms with Crippen molar-refractivity contribution in [2.45, 2.75) is 22.7 Å². The SMILES string of the molecule is COc1ccc(C2c3sc(=O)n(CC(=O)N4CCOCC4)c3SC3C(=O)NC(=O)C32)cc1. The van der Waals surface area contributed by atoms with E-state index in [1.54, 1.807) is 24.1 Å². The molecule has 168 valence electrons. The van der Waals surface area contributed by atoms with Gasteiger partial charge in [0.2, 0.25) is 17.7 Å². The minimum atomic E-state index is -0.652. The monoisotopic (exact) mass is 475 g/mol. The molecule has 1 aromatic carbocycles. The van der Waals surface area contributed by atoms with E-state index in [4.69, 9.17) is 9.47 Å². The van der Waals surface area contributed by atoms with Crippen LogP contribution in [0.15, 0.2) is 34.1 Å². The maximum atomic E-state index is 13.0. The molecular weight excluding hydrogens is 454 g/mol. The molecule has 5 rings (SSSR count). The Bertz CT molecular complexity index is 1140. The lowest BCUT2D eigenvalue weighted by atomic mass is 9.83. The molecule has 0 saturated carbocycles. The third-order valence-corrected chi connectivity index (χ3v) is 8.64. The molecule has 3 atom stereocenters. The van der Waals surface area contributed by atoms with Crippen molar-refractivity contribution in [3.05, 3.63) is 44.4 Å². The molecule has 2 aromatic rings. The number of morpholine rings is 1. The predicted octanol–water partition coefficient (Wildman–Crippen LogP) is 0.656. The summed E-state index contributed by atoms with van der Waals surface area (Å²) in [7, 11) is 1.57. The lowest BCUT2D eigenvalue weighted by molar-refractivity contribution is -0.136. The van der Waals surface area contributed by atoms with Gasteiger partial charge in [-0.05, 0) is 17.7 Å². The summed E-state index contributed by atoms with van der Waals surface area (Å²) in [4.78, 5) is 53.1. The Hall–Kier alpha value is -2.63. The van der Waals surface area contributed by atoms with E-state index in [-0.39, 0.29) is 29.1 Å². The fraction of sp³-hybridized carbons (Fsp3) is 0.429. The van der Waals surface area contributed by atoms with Crippen LogP contribution in [0.5, 0.6) is 5.75 Å². The second-order valence-electron chi connectivity index (χ2n) is 7.79. The van der Waals surface area contributed by atoms with Gasteiger partial charge in [-0.1, -0.05) is 35.2 Å². The Balaban J connectivity index is 1.56. The van der Waals surface area contributed by atoms with Gasteiger partial charge in [0.15, 0.2) is 0 Å². The number of fused-ring (bicyclic) bond motifs is 2. The summed E-state index contributed by atoms with van der Waals surface area (Å²) >= 11 is 2.24. The summed E-state index contributed by atoms with van der Waals surface area (Å²) in [6.45, 7) is 1.83. The number of nitrogens with zero attached hydrogens (tertiary/aromatic N) is 2. The third-order valence-electron chi connectivity index (χ3n) is 6.02. The first-order chi connectivity index (χ1) is 15.5. The van der Waals surface area contributed by atoms with Gasteiger partial charge in [0.1, 0.15) is 17.5 Å². The van der Waals surface area contributed by atoms with Crippen LogP contribution in [0.4, 0.5) is 0 Å². The van der Waals surface area contributed by atoms with Crippen LogP contribution in [-0.4, -0.2) is 65.9 Å². The van der Waals surface area contributed by atoms with Crippen LogP contribution in [0.1, 0.15) is 16.4 Å². The lowest BCUT2D eigenvalue weighted by Crippen LogP contribution is -2.43. The normalized spacial score (nSPS) is 24.7. The van der Waals surface area contributed by atoms with Crippen LogP contribution in [0.25, 0.3) is 0 Å². The van der Waals surface area contributed by atoms with Crippen molar-refractivity contribution in [1.29, 1.82) is 0 Å². The summed E-state index contributed by atoms with van der Waals surface area (Å²) in [6.07, 6.45) is 0. The molecule has 3 unspecified atom stereocenters. The molecule has 3 aliphatic rings. The van der Waals surface area contributed by atoms with Crippen LogP contribution < -0.4 is 14.9 Å². The van der Waals surface area contributed by atoms with Crippen LogP contribution in [0.3, 0.4) is 0 Å². The quantitative estimate of drug-likeness (QED) is 0.648. The van der Waals surface area contributed by atoms with E-state index in [0.29, 0.717) is 42.0 Å². The zero-order valence-electron chi connectivity index (χ0n) is 17.2. The standard InChI is InChI=1S/C21H21N3O6S2/c1-29-12-4-2-11(3-5-12)14-15-16(19(27)22-18(15)26)31-20-17(14)32-21(28)24(20)10-13(25)23-6-8-30-9-7-23/h2-5,14-16H,6-10H2,1H3,(H,22,26,27). The molecule has 3 amide bonds. The zero-order valence-corrected chi connectivity index (χ0v) is 18.9. The van der Waals surface area contributed by atoms with E-state index < -0.39 is 17.1 Å². The number of thioether (sulfide) groups is 1. The number of nitrogens with one attached hydrogen (secondary N) is 1. The summed E-state index contributed by atoms with van der Waals surface area (Å²) in [5.74, 6) is -1.26. The maximum Gasteiger partial charge on any atom is 0.308 e. The van der Waals surface area contributed by atoms with E-state index in [0.717, 1.165) is 16.9 Å². The number of benzene rings is 1. The molecule has 2 saturated heterocycles. The van der Waals surface area contributed by atoms with Gasteiger partial charge in [0.25, 0.3) is 0 Å². The van der Waals surface area contributed by atoms with Gasteiger partial charge in [0, 0.05) is 23.9 Å². The Morgan fingerprint density at radius 1 is 1.16 bits per heavy atom. The van der Waals surface area contributed by atoms with Crippen molar-refractivity contribution in [2.75, 3.05) is 33.4 Å². The maximum absolute atomic E-state index is 13.0. The van der Waals surface area contributed by atoms with Crippen molar-refractivity contribution in [2.24, 2.45) is 5.92 Å². The fourth-order valence-corrected chi connectivity index (χ4v) is 7.13. The number of rotatable bonds is 4. The first-order valence-corrected chi connectivity index (χ1v) is 11.9. The third kappa shape index (κ3) is 3.54. The highest BCUT2D eigenvalue weighted by Crippen LogP contribution is 2.51. The number of methoxy groups -OCH3 is 1. The van der Waals surface area contributed by atoms with Crippen LogP contribution in [0, 0.1) is 5.92 Å². The molecule has 9 nitrogen and oxygen atoms in total. The van der Waals surface area contributed by atoms with E-state index in [2.05, 4.69) is 5.32 Å². The van der Waals surface area contributed by atoms with Gasteiger partial charge in [-0.25, -0.2) is 0 Å². The molecule has 0 spiro atoms. The Labute approximate surface area is 191 Å². The number of amides is 3. The highest BCUT2D eigenvalue weighted by Gasteiger charge is 2.52. The summed E-state index contributed by atoms with van der Waals surface area (Å²) in [5, 5.41) is 2.38. The fourth-order valence-electron chi connectivity index (χ4n) is 4.39. The van der Waals surface area contributed by atoms with E-state index in [1.807, 2.05) is 12.1 Å². The summed E-state index contributed by atoms with van der Waals surface area (Å²) in [5.41, 5.74) is 0.820.